The smallest absolute Gasteiger partial charge is 0.406 e. The van der Waals surface area contributed by atoms with Crippen molar-refractivity contribution in [3.63, 3.8) is 0 Å². The number of rotatable bonds is 7. The lowest BCUT2D eigenvalue weighted by atomic mass is 9.96. The van der Waals surface area contributed by atoms with Crippen molar-refractivity contribution in [3.05, 3.63) is 29.8 Å². The highest BCUT2D eigenvalue weighted by molar-refractivity contribution is 5.78. The fourth-order valence-electron chi connectivity index (χ4n) is 2.87. The Labute approximate surface area is 155 Å². The molecule has 3 N–H and O–H groups in total. The van der Waals surface area contributed by atoms with E-state index in [0.717, 1.165) is 25.7 Å². The van der Waals surface area contributed by atoms with Crippen LogP contribution in [-0.4, -0.2) is 30.9 Å². The predicted octanol–water partition coefficient (Wildman–Crippen LogP) is 3.22. The molecule has 1 saturated carbocycles. The number of amides is 3. The minimum Gasteiger partial charge on any atom is -0.406 e. The largest absolute Gasteiger partial charge is 0.573 e. The highest BCUT2D eigenvalue weighted by Crippen LogP contribution is 2.22. The van der Waals surface area contributed by atoms with Crippen LogP contribution in [0.4, 0.5) is 18.0 Å². The van der Waals surface area contributed by atoms with Gasteiger partial charge in [-0.3, -0.25) is 4.79 Å². The Morgan fingerprint density at radius 2 is 1.70 bits per heavy atom. The molecule has 0 heterocycles. The van der Waals surface area contributed by atoms with Gasteiger partial charge in [-0.2, -0.15) is 0 Å². The van der Waals surface area contributed by atoms with Gasteiger partial charge < -0.3 is 20.7 Å². The molecule has 0 unspecified atom stereocenters. The van der Waals surface area contributed by atoms with Crippen LogP contribution in [0.15, 0.2) is 24.3 Å². The molecule has 9 heteroatoms. The normalized spacial score (nSPS) is 15.1. The Morgan fingerprint density at radius 3 is 2.33 bits per heavy atom. The zero-order valence-electron chi connectivity index (χ0n) is 14.9. The van der Waals surface area contributed by atoms with Gasteiger partial charge in [0, 0.05) is 25.6 Å². The Hall–Kier alpha value is -2.45. The third kappa shape index (κ3) is 8.65. The highest BCUT2D eigenvalue weighted by Gasteiger charge is 2.30. The van der Waals surface area contributed by atoms with E-state index in [4.69, 9.17) is 0 Å². The van der Waals surface area contributed by atoms with Crippen molar-refractivity contribution in [2.75, 3.05) is 6.54 Å². The Morgan fingerprint density at radius 1 is 1.04 bits per heavy atom. The molecule has 1 aromatic carbocycles. The summed E-state index contributed by atoms with van der Waals surface area (Å²) in [7, 11) is 0. The first-order valence-corrected chi connectivity index (χ1v) is 8.97. The lowest BCUT2D eigenvalue weighted by Gasteiger charge is -2.22. The van der Waals surface area contributed by atoms with Gasteiger partial charge in [-0.05, 0) is 30.5 Å². The minimum absolute atomic E-state index is 0.118. The second-order valence-electron chi connectivity index (χ2n) is 6.45. The summed E-state index contributed by atoms with van der Waals surface area (Å²) in [5.74, 6) is -0.575. The molecule has 1 aliphatic carbocycles. The number of halogens is 3. The van der Waals surface area contributed by atoms with E-state index in [-0.39, 0.29) is 43.2 Å². The van der Waals surface area contributed by atoms with Crippen LogP contribution in [0.2, 0.25) is 0 Å². The van der Waals surface area contributed by atoms with Gasteiger partial charge in [0.05, 0.1) is 0 Å². The van der Waals surface area contributed by atoms with Crippen LogP contribution < -0.4 is 20.7 Å². The van der Waals surface area contributed by atoms with Gasteiger partial charge in [-0.1, -0.05) is 31.4 Å². The van der Waals surface area contributed by atoms with Crippen LogP contribution in [0, 0.1) is 0 Å². The van der Waals surface area contributed by atoms with E-state index in [2.05, 4.69) is 20.7 Å². The molecule has 150 valence electrons. The van der Waals surface area contributed by atoms with E-state index in [1.165, 1.54) is 30.7 Å². The maximum Gasteiger partial charge on any atom is 0.573 e. The number of nitrogens with one attached hydrogen (secondary N) is 3. The van der Waals surface area contributed by atoms with Gasteiger partial charge in [-0.25, -0.2) is 4.79 Å². The minimum atomic E-state index is -4.73. The van der Waals surface area contributed by atoms with Gasteiger partial charge in [-0.15, -0.1) is 13.2 Å². The molecule has 0 atom stereocenters. The fraction of sp³-hybridized carbons (Fsp3) is 0.556. The van der Waals surface area contributed by atoms with E-state index in [1.807, 2.05) is 0 Å². The number of urea groups is 1. The number of hydrogen-bond acceptors (Lipinski definition) is 3. The predicted molar refractivity (Wildman–Crippen MR) is 93.0 cm³/mol. The first-order valence-electron chi connectivity index (χ1n) is 8.97. The standard InChI is InChI=1S/C18H24F3N3O3/c19-18(20,21)27-15-8-6-13(7-9-15)12-23-16(25)10-11-22-17(26)24-14-4-2-1-3-5-14/h6-9,14H,1-5,10-12H2,(H,23,25)(H2,22,24,26). The van der Waals surface area contributed by atoms with E-state index < -0.39 is 6.36 Å². The van der Waals surface area contributed by atoms with Gasteiger partial charge >= 0.3 is 12.4 Å². The fourth-order valence-corrected chi connectivity index (χ4v) is 2.87. The first kappa shape index (κ1) is 20.9. The van der Waals surface area contributed by atoms with Crippen molar-refractivity contribution in [1.29, 1.82) is 0 Å². The number of alkyl halides is 3. The van der Waals surface area contributed by atoms with E-state index in [9.17, 15) is 22.8 Å². The Kier molecular flexibility index (Phi) is 7.75. The van der Waals surface area contributed by atoms with Gasteiger partial charge in [0.25, 0.3) is 0 Å². The summed E-state index contributed by atoms with van der Waals surface area (Å²) in [6.07, 6.45) is 0.812. The topological polar surface area (TPSA) is 79.5 Å². The number of carbonyl (C=O) groups excluding carboxylic acids is 2. The molecule has 0 aliphatic heterocycles. The average Bonchev–Trinajstić information content (AvgIpc) is 2.61. The zero-order valence-corrected chi connectivity index (χ0v) is 14.9. The van der Waals surface area contributed by atoms with E-state index in [1.54, 1.807) is 0 Å². The van der Waals surface area contributed by atoms with E-state index >= 15 is 0 Å². The molecule has 27 heavy (non-hydrogen) atoms. The third-order valence-electron chi connectivity index (χ3n) is 4.22. The molecule has 0 spiro atoms. The summed E-state index contributed by atoms with van der Waals surface area (Å²) >= 11 is 0. The Balaban J connectivity index is 1.60. The van der Waals surface area contributed by atoms with Crippen molar-refractivity contribution in [2.24, 2.45) is 0 Å². The third-order valence-corrected chi connectivity index (χ3v) is 4.22. The summed E-state index contributed by atoms with van der Waals surface area (Å²) in [6, 6.07) is 5.19. The van der Waals surface area contributed by atoms with E-state index in [0.29, 0.717) is 5.56 Å². The Bertz CT molecular complexity index is 615. The maximum absolute atomic E-state index is 12.1. The molecule has 0 bridgehead atoms. The van der Waals surface area contributed by atoms with Gasteiger partial charge in [0.15, 0.2) is 0 Å². The van der Waals surface area contributed by atoms with Crippen molar-refractivity contribution in [3.8, 4) is 5.75 Å². The molecular weight excluding hydrogens is 363 g/mol. The summed E-state index contributed by atoms with van der Waals surface area (Å²) in [6.45, 7) is 0.391. The quantitative estimate of drug-likeness (QED) is 0.672. The zero-order chi connectivity index (χ0) is 19.7. The summed E-state index contributed by atoms with van der Waals surface area (Å²) in [5, 5.41) is 8.20. The lowest BCUT2D eigenvalue weighted by molar-refractivity contribution is -0.274. The molecule has 1 fully saturated rings. The summed E-state index contributed by atoms with van der Waals surface area (Å²) in [4.78, 5) is 23.5. The van der Waals surface area contributed by atoms with Crippen LogP contribution in [-0.2, 0) is 11.3 Å². The van der Waals surface area contributed by atoms with Crippen LogP contribution in [0.25, 0.3) is 0 Å². The first-order chi connectivity index (χ1) is 12.8. The van der Waals surface area contributed by atoms with Gasteiger partial charge in [0.1, 0.15) is 5.75 Å². The maximum atomic E-state index is 12.1. The molecule has 0 saturated heterocycles. The van der Waals surface area contributed by atoms with Crippen molar-refractivity contribution >= 4 is 11.9 Å². The summed E-state index contributed by atoms with van der Waals surface area (Å²) < 4.78 is 40.0. The van der Waals surface area contributed by atoms with Crippen molar-refractivity contribution in [1.82, 2.24) is 16.0 Å². The molecule has 1 aromatic rings. The second-order valence-corrected chi connectivity index (χ2v) is 6.45. The number of carbonyl (C=O) groups is 2. The molecule has 0 aromatic heterocycles. The monoisotopic (exact) mass is 387 g/mol. The van der Waals surface area contributed by atoms with Gasteiger partial charge in [0.2, 0.25) is 5.91 Å². The average molecular weight is 387 g/mol. The van der Waals surface area contributed by atoms with Crippen LogP contribution in [0.1, 0.15) is 44.1 Å². The van der Waals surface area contributed by atoms with Crippen LogP contribution in [0.5, 0.6) is 5.75 Å². The molecule has 0 radical (unpaired) electrons. The molecular formula is C18H24F3N3O3. The van der Waals surface area contributed by atoms with Crippen molar-refractivity contribution in [2.45, 2.75) is 57.5 Å². The summed E-state index contributed by atoms with van der Waals surface area (Å²) in [5.41, 5.74) is 0.640. The SMILES string of the molecule is O=C(CCNC(=O)NC1CCCCC1)NCc1ccc(OC(F)(F)F)cc1. The number of hydrogen-bond donors (Lipinski definition) is 3. The lowest BCUT2D eigenvalue weighted by Crippen LogP contribution is -2.43. The van der Waals surface area contributed by atoms with Crippen LogP contribution in [0.3, 0.4) is 0 Å². The number of benzene rings is 1. The molecule has 6 nitrogen and oxygen atoms in total. The highest BCUT2D eigenvalue weighted by atomic mass is 19.4. The molecule has 2 rings (SSSR count). The van der Waals surface area contributed by atoms with Crippen LogP contribution >= 0.6 is 0 Å². The van der Waals surface area contributed by atoms with Crippen molar-refractivity contribution < 1.29 is 27.5 Å². The second kappa shape index (κ2) is 10.0. The molecule has 1 aliphatic rings. The molecule has 3 amide bonds. The number of ether oxygens (including phenoxy) is 1.